The van der Waals surface area contributed by atoms with E-state index in [1.807, 2.05) is 29.7 Å². The summed E-state index contributed by atoms with van der Waals surface area (Å²) in [4.78, 5) is 0. The van der Waals surface area contributed by atoms with E-state index in [0.29, 0.717) is 0 Å². The molecule has 0 saturated carbocycles. The van der Waals surface area contributed by atoms with E-state index in [1.54, 1.807) is 11.8 Å². The Labute approximate surface area is 86.7 Å². The molecule has 2 rings (SSSR count). The number of thioether (sulfide) groups is 1. The van der Waals surface area contributed by atoms with E-state index in [4.69, 9.17) is 16.3 Å². The molecule has 1 nitrogen and oxygen atoms in total. The molecule has 68 valence electrons. The Balaban J connectivity index is 2.24. The predicted octanol–water partition coefficient (Wildman–Crippen LogP) is 3.40. The molecule has 0 amide bonds. The van der Waals surface area contributed by atoms with E-state index in [1.165, 1.54) is 0 Å². The average Bonchev–Trinajstić information content (AvgIpc) is 2.20. The highest BCUT2D eigenvalue weighted by molar-refractivity contribution is 8.02. The topological polar surface area (TPSA) is 9.23 Å². The highest BCUT2D eigenvalue weighted by Crippen LogP contribution is 2.25. The minimum Gasteiger partial charge on any atom is -0.492 e. The van der Waals surface area contributed by atoms with Gasteiger partial charge in [0.05, 0.1) is 6.61 Å². The zero-order valence-electron chi connectivity index (χ0n) is 7.00. The van der Waals surface area contributed by atoms with Crippen LogP contribution in [-0.2, 0) is 4.74 Å². The molecule has 0 bridgehead atoms. The molecule has 1 heterocycles. The summed E-state index contributed by atoms with van der Waals surface area (Å²) < 4.78 is 5.50. The second-order valence-electron chi connectivity index (χ2n) is 2.71. The van der Waals surface area contributed by atoms with Crippen molar-refractivity contribution >= 4 is 29.1 Å². The number of hydrogen-bond donors (Lipinski definition) is 0. The third kappa shape index (κ3) is 2.20. The molecule has 3 heteroatoms. The van der Waals surface area contributed by atoms with Gasteiger partial charge in [-0.1, -0.05) is 11.6 Å². The Bertz CT molecular complexity index is 318. The lowest BCUT2D eigenvalue weighted by molar-refractivity contribution is 0.299. The van der Waals surface area contributed by atoms with Gasteiger partial charge in [0.2, 0.25) is 0 Å². The lowest BCUT2D eigenvalue weighted by atomic mass is 10.2. The first-order valence-corrected chi connectivity index (χ1v) is 5.49. The van der Waals surface area contributed by atoms with Gasteiger partial charge in [-0.15, -0.1) is 11.8 Å². The van der Waals surface area contributed by atoms with Crippen LogP contribution in [0.25, 0.3) is 5.76 Å². The van der Waals surface area contributed by atoms with Crippen LogP contribution in [0.3, 0.4) is 0 Å². The van der Waals surface area contributed by atoms with Gasteiger partial charge in [-0.3, -0.25) is 0 Å². The molecule has 0 aromatic heterocycles. The Morgan fingerprint density at radius 2 is 2.00 bits per heavy atom. The van der Waals surface area contributed by atoms with Gasteiger partial charge in [-0.2, -0.15) is 0 Å². The van der Waals surface area contributed by atoms with Crippen molar-refractivity contribution in [2.45, 2.75) is 0 Å². The maximum absolute atomic E-state index is 5.79. The normalized spacial score (nSPS) is 16.2. The smallest absolute Gasteiger partial charge is 0.132 e. The minimum absolute atomic E-state index is 0.757. The van der Waals surface area contributed by atoms with Crippen LogP contribution in [0.15, 0.2) is 29.7 Å². The van der Waals surface area contributed by atoms with Crippen LogP contribution in [-0.4, -0.2) is 12.4 Å². The number of hydrogen-bond acceptors (Lipinski definition) is 2. The van der Waals surface area contributed by atoms with Crippen molar-refractivity contribution in [1.29, 1.82) is 0 Å². The summed E-state index contributed by atoms with van der Waals surface area (Å²) in [5.41, 5.74) is 1.09. The molecule has 0 radical (unpaired) electrons. The van der Waals surface area contributed by atoms with Crippen LogP contribution in [0.1, 0.15) is 5.56 Å². The second-order valence-corrected chi connectivity index (χ2v) is 4.12. The van der Waals surface area contributed by atoms with Crippen LogP contribution in [0, 0.1) is 0 Å². The van der Waals surface area contributed by atoms with E-state index >= 15 is 0 Å². The molecular formula is C10H9ClOS. The number of ether oxygens (including phenoxy) is 1. The summed E-state index contributed by atoms with van der Waals surface area (Å²) in [6.07, 6.45) is 0. The summed E-state index contributed by atoms with van der Waals surface area (Å²) in [7, 11) is 0. The summed E-state index contributed by atoms with van der Waals surface area (Å²) in [6, 6.07) is 7.70. The Morgan fingerprint density at radius 3 is 2.62 bits per heavy atom. The zero-order valence-corrected chi connectivity index (χ0v) is 8.57. The first-order chi connectivity index (χ1) is 6.36. The van der Waals surface area contributed by atoms with Crippen molar-refractivity contribution < 1.29 is 4.74 Å². The van der Waals surface area contributed by atoms with Crippen molar-refractivity contribution in [2.24, 2.45) is 0 Å². The van der Waals surface area contributed by atoms with Crippen molar-refractivity contribution in [1.82, 2.24) is 0 Å². The molecular weight excluding hydrogens is 204 g/mol. The van der Waals surface area contributed by atoms with Gasteiger partial charge in [-0.05, 0) is 24.3 Å². The third-order valence-corrected chi connectivity index (χ3v) is 2.81. The van der Waals surface area contributed by atoms with Gasteiger partial charge >= 0.3 is 0 Å². The van der Waals surface area contributed by atoms with E-state index in [2.05, 4.69) is 0 Å². The standard InChI is InChI=1S/C10H9ClOS/c11-9-3-1-8(2-4-9)10-7-13-6-5-12-10/h1-4,7H,5-6H2. The van der Waals surface area contributed by atoms with E-state index in [-0.39, 0.29) is 0 Å². The van der Waals surface area contributed by atoms with E-state index in [9.17, 15) is 0 Å². The van der Waals surface area contributed by atoms with Gasteiger partial charge in [0.25, 0.3) is 0 Å². The average molecular weight is 213 g/mol. The SMILES string of the molecule is Clc1ccc(C2=CSCCO2)cc1. The van der Waals surface area contributed by atoms with Crippen LogP contribution in [0.4, 0.5) is 0 Å². The molecule has 0 unspecified atom stereocenters. The van der Waals surface area contributed by atoms with Crippen LogP contribution < -0.4 is 0 Å². The van der Waals surface area contributed by atoms with Gasteiger partial charge in [0.15, 0.2) is 0 Å². The highest BCUT2D eigenvalue weighted by atomic mass is 35.5. The van der Waals surface area contributed by atoms with Gasteiger partial charge < -0.3 is 4.74 Å². The molecule has 0 atom stereocenters. The molecule has 1 aromatic rings. The van der Waals surface area contributed by atoms with Gasteiger partial charge in [0.1, 0.15) is 5.76 Å². The van der Waals surface area contributed by atoms with Crippen molar-refractivity contribution in [2.75, 3.05) is 12.4 Å². The first kappa shape index (κ1) is 8.97. The van der Waals surface area contributed by atoms with Crippen LogP contribution in [0.2, 0.25) is 5.02 Å². The molecule has 0 saturated heterocycles. The van der Waals surface area contributed by atoms with Crippen molar-refractivity contribution in [3.8, 4) is 0 Å². The van der Waals surface area contributed by atoms with Crippen molar-refractivity contribution in [3.63, 3.8) is 0 Å². The largest absolute Gasteiger partial charge is 0.492 e. The maximum Gasteiger partial charge on any atom is 0.132 e. The van der Waals surface area contributed by atoms with E-state index in [0.717, 1.165) is 28.7 Å². The lowest BCUT2D eigenvalue weighted by Gasteiger charge is -2.14. The van der Waals surface area contributed by atoms with Crippen LogP contribution in [0.5, 0.6) is 0 Å². The van der Waals surface area contributed by atoms with Crippen LogP contribution >= 0.6 is 23.4 Å². The quantitative estimate of drug-likeness (QED) is 0.706. The molecule has 0 fully saturated rings. The predicted molar refractivity (Wildman–Crippen MR) is 57.8 cm³/mol. The Hall–Kier alpha value is -0.600. The molecule has 1 aliphatic heterocycles. The number of rotatable bonds is 1. The molecule has 1 aliphatic rings. The first-order valence-electron chi connectivity index (χ1n) is 4.07. The monoisotopic (exact) mass is 212 g/mol. The molecule has 13 heavy (non-hydrogen) atoms. The fourth-order valence-electron chi connectivity index (χ4n) is 1.13. The van der Waals surface area contributed by atoms with Crippen molar-refractivity contribution in [3.05, 3.63) is 40.3 Å². The zero-order chi connectivity index (χ0) is 9.10. The fraction of sp³-hybridized carbons (Fsp3) is 0.200. The summed E-state index contributed by atoms with van der Waals surface area (Å²) in [5.74, 6) is 1.99. The van der Waals surface area contributed by atoms with Gasteiger partial charge in [0, 0.05) is 21.7 Å². The summed E-state index contributed by atoms with van der Waals surface area (Å²) >= 11 is 7.57. The third-order valence-electron chi connectivity index (χ3n) is 1.78. The lowest BCUT2D eigenvalue weighted by Crippen LogP contribution is -2.01. The Morgan fingerprint density at radius 1 is 1.23 bits per heavy atom. The minimum atomic E-state index is 0.757. The molecule has 0 spiro atoms. The summed E-state index contributed by atoms with van der Waals surface area (Å²) in [5, 5.41) is 2.81. The highest BCUT2D eigenvalue weighted by Gasteiger charge is 2.06. The Kier molecular flexibility index (Phi) is 2.81. The van der Waals surface area contributed by atoms with E-state index < -0.39 is 0 Å². The number of benzene rings is 1. The molecule has 1 aromatic carbocycles. The summed E-state index contributed by atoms with van der Waals surface area (Å²) in [6.45, 7) is 0.791. The van der Waals surface area contributed by atoms with Gasteiger partial charge in [-0.25, -0.2) is 0 Å². The molecule has 0 N–H and O–H groups in total. The second kappa shape index (κ2) is 4.07. The number of halogens is 1. The fourth-order valence-corrected chi connectivity index (χ4v) is 1.91. The maximum atomic E-state index is 5.79. The molecule has 0 aliphatic carbocycles.